The Morgan fingerprint density at radius 3 is 1.14 bits per heavy atom. The van der Waals surface area contributed by atoms with E-state index in [1.165, 1.54) is 0 Å². The van der Waals surface area contributed by atoms with E-state index in [0.717, 1.165) is 162 Å². The van der Waals surface area contributed by atoms with E-state index in [1.807, 2.05) is 83.5 Å². The highest BCUT2D eigenvalue weighted by Gasteiger charge is 2.62. The lowest BCUT2D eigenvalue weighted by Crippen LogP contribution is -2.33. The second kappa shape index (κ2) is 41.5. The number of nitrogens with zero attached hydrogens (tertiary/aromatic N) is 5. The molecule has 22 rings (SSSR count). The van der Waals surface area contributed by atoms with Gasteiger partial charge in [-0.3, -0.25) is 52.3 Å². The molecule has 0 saturated heterocycles. The minimum absolute atomic E-state index is 0.0253. The largest absolute Gasteiger partial charge is 0.523 e. The number of carbonyl (C=O) groups excluding carboxylic acids is 7. The van der Waals surface area contributed by atoms with E-state index in [0.29, 0.717) is 177 Å². The molecular formula is C104H103Cl6F3N6O21S. The van der Waals surface area contributed by atoms with Gasteiger partial charge in [0.25, 0.3) is 0 Å². The van der Waals surface area contributed by atoms with Crippen LogP contribution in [0.3, 0.4) is 0 Å². The minimum atomic E-state index is -5.56. The number of amides is 3. The average Bonchev–Trinajstić information content (AvgIpc) is 1.53. The topological polar surface area (TPSA) is 352 Å². The molecule has 6 aromatic carbocycles. The van der Waals surface area contributed by atoms with Crippen LogP contribution in [-0.4, -0.2) is 108 Å². The summed E-state index contributed by atoms with van der Waals surface area (Å²) in [6.45, 7) is 7.09. The number of anilines is 3. The van der Waals surface area contributed by atoms with Gasteiger partial charge in [-0.25, -0.2) is 0 Å². The van der Waals surface area contributed by atoms with Crippen LogP contribution in [0, 0.1) is 23.7 Å². The van der Waals surface area contributed by atoms with Crippen LogP contribution in [-0.2, 0) is 103 Å². The van der Waals surface area contributed by atoms with Gasteiger partial charge < -0.3 is 52.4 Å². The fourth-order valence-electron chi connectivity index (χ4n) is 19.8. The maximum Gasteiger partial charge on any atom is 0.523 e. The number of ether oxygens (including phenoxy) is 6. The molecule has 10 aliphatic carbocycles. The van der Waals surface area contributed by atoms with Gasteiger partial charge in [-0.2, -0.15) is 21.6 Å². The first kappa shape index (κ1) is 100. The maximum atomic E-state index is 13.7. The first-order chi connectivity index (χ1) is 67.8. The summed E-state index contributed by atoms with van der Waals surface area (Å²) in [7, 11) is -5.56. The van der Waals surface area contributed by atoms with Crippen molar-refractivity contribution in [1.82, 2.24) is 15.5 Å². The number of benzene rings is 6. The number of hydrogen-bond acceptors (Lipinski definition) is 23. The lowest BCUT2D eigenvalue weighted by atomic mass is 9.87. The van der Waals surface area contributed by atoms with Gasteiger partial charge in [-0.05, 0) is 283 Å². The Balaban J connectivity index is 0.000000123. The summed E-state index contributed by atoms with van der Waals surface area (Å²) in [4.78, 5) is 100. The van der Waals surface area contributed by atoms with Crippen molar-refractivity contribution in [1.29, 1.82) is 0 Å². The molecule has 3 aliphatic heterocycles. The number of ketones is 1. The molecule has 9 aromatic rings. The lowest BCUT2D eigenvalue weighted by molar-refractivity contribution is -0.150. The molecule has 0 radical (unpaired) electrons. The molecule has 27 nitrogen and oxygen atoms in total. The Morgan fingerprint density at radius 1 is 0.454 bits per heavy atom. The number of fused-ring (bicyclic) bond motifs is 6. The molecule has 3 spiro atoms. The Kier molecular flexibility index (Phi) is 29.5. The third-order valence-electron chi connectivity index (χ3n) is 28.5. The number of carboxylic acids is 1. The number of hydrogen-bond donors (Lipinski definition) is 2. The number of esters is 3. The van der Waals surface area contributed by atoms with Crippen LogP contribution in [0.5, 0.6) is 17.2 Å². The molecule has 2 unspecified atom stereocenters. The van der Waals surface area contributed by atoms with Gasteiger partial charge in [0.1, 0.15) is 77.2 Å². The van der Waals surface area contributed by atoms with Gasteiger partial charge in [-0.15, -0.1) is 0 Å². The van der Waals surface area contributed by atoms with Crippen LogP contribution >= 0.6 is 69.6 Å². The summed E-state index contributed by atoms with van der Waals surface area (Å²) in [5, 5.41) is 28.4. The normalized spacial score (nSPS) is 20.8. The Labute approximate surface area is 841 Å². The van der Waals surface area contributed by atoms with E-state index in [9.17, 15) is 65.1 Å². The number of carbonyl (C=O) groups is 8. The zero-order valence-corrected chi connectivity index (χ0v) is 82.8. The quantitative estimate of drug-likeness (QED) is 0.0220. The molecule has 744 valence electrons. The summed E-state index contributed by atoms with van der Waals surface area (Å²) in [5.74, 6) is 3.69. The smallest absolute Gasteiger partial charge is 0.489 e. The van der Waals surface area contributed by atoms with Crippen molar-refractivity contribution < 1.29 is 111 Å². The minimum Gasteiger partial charge on any atom is -0.489 e. The van der Waals surface area contributed by atoms with Crippen molar-refractivity contribution in [2.45, 2.75) is 253 Å². The van der Waals surface area contributed by atoms with Gasteiger partial charge in [-0.1, -0.05) is 115 Å². The van der Waals surface area contributed by atoms with Crippen molar-refractivity contribution in [3.05, 3.63) is 214 Å². The van der Waals surface area contributed by atoms with Gasteiger partial charge >= 0.3 is 39.5 Å². The molecular weight excluding hydrogens is 1970 g/mol. The molecule has 3 aromatic heterocycles. The molecule has 6 heterocycles. The second-order valence-corrected chi connectivity index (χ2v) is 41.9. The van der Waals surface area contributed by atoms with Crippen LogP contribution in [0.1, 0.15) is 256 Å². The van der Waals surface area contributed by atoms with Crippen molar-refractivity contribution in [3.63, 3.8) is 0 Å². The molecule has 13 aliphatic rings. The van der Waals surface area contributed by atoms with Crippen molar-refractivity contribution >= 4 is 144 Å². The zero-order chi connectivity index (χ0) is 99.3. The Morgan fingerprint density at radius 2 is 0.801 bits per heavy atom. The van der Waals surface area contributed by atoms with Crippen LogP contribution in [0.4, 0.5) is 30.2 Å². The number of nitrogens with one attached hydrogen (secondary N) is 1. The van der Waals surface area contributed by atoms with Crippen LogP contribution < -0.4 is 29.3 Å². The number of carboxylic acid groups (broad SMARTS) is 1. The van der Waals surface area contributed by atoms with Crippen molar-refractivity contribution in [2.75, 3.05) is 34.9 Å². The number of aromatic nitrogens is 3. The number of allylic oxidation sites excluding steroid dienone is 4. The number of aliphatic carboxylic acids is 1. The summed E-state index contributed by atoms with van der Waals surface area (Å²) in [5.41, 5.74) is 7.14. The number of Topliss-reactive ketones (excluding diaryl/α,β-unsaturated/α-hetero) is 1. The monoisotopic (exact) mass is 2070 g/mol. The molecule has 2 atom stereocenters. The Bertz CT molecular complexity index is 6510. The first-order valence-electron chi connectivity index (χ1n) is 48.0. The van der Waals surface area contributed by atoms with E-state index < -0.39 is 50.4 Å². The van der Waals surface area contributed by atoms with Gasteiger partial charge in [0, 0.05) is 64.4 Å². The van der Waals surface area contributed by atoms with Crippen LogP contribution in [0.25, 0.3) is 33.8 Å². The number of rotatable bonds is 26. The van der Waals surface area contributed by atoms with E-state index >= 15 is 0 Å². The van der Waals surface area contributed by atoms with Crippen molar-refractivity contribution in [2.24, 2.45) is 23.7 Å². The predicted molar refractivity (Wildman–Crippen MR) is 518 cm³/mol. The van der Waals surface area contributed by atoms with E-state index in [1.54, 1.807) is 68.4 Å². The summed E-state index contributed by atoms with van der Waals surface area (Å²) in [6.07, 6.45) is 20.9. The first-order valence-corrected chi connectivity index (χ1v) is 51.7. The van der Waals surface area contributed by atoms with Gasteiger partial charge in [0.15, 0.2) is 0 Å². The molecule has 141 heavy (non-hydrogen) atoms. The third kappa shape index (κ3) is 21.1. The third-order valence-corrected chi connectivity index (χ3v) is 31.5. The fraction of sp³-hybridized carbons (Fsp3) is 0.452. The Hall–Kier alpha value is -10.8. The molecule has 0 bridgehead atoms. The van der Waals surface area contributed by atoms with E-state index in [4.69, 9.17) is 112 Å². The standard InChI is InChI=1S/C32H30Cl2N2O5.C30H26Cl2N2O5.C23H18Cl2N2O3.C10H15F3O5S.C9H14O3/c1-2-39-30(37)19-8-10-20(11-9-19)36-26-13-12-21(16-23(26)32(14-15-32)31(36)38)40-17-22-28(35-41-29(22)18-6-7-18)27-24(33)4-3-5-25(27)34;31-22-2-1-3-23(32)25(22)26-20(27(39-33-26)16-4-5-16)15-38-19-10-11-24-21(14-19)30(12-13-30)29(37)34(24)18-8-6-17(7-9-18)28(35)36;24-16-2-1-3-17(25)19(16)20-14(21(30-27-20)12-4-5-12)11-29-13-6-7-18-15(10-13)23(8-9-23)22(28)26-18;1-2-17-9(14)7-3-5-8(6-4-7)18-19(15,16)10(11,12)13;1-2-12-9(11)7-3-5-8(10)6-4-7/h3-5,10,12-13,16,18-19H,2,6-9,11,14-15,17H2,1H3;1-3,8,10-11,14,16-17H,4-7,9,12-13,15H2,(H,35,36);1-3,6-7,10,12H,4-5,8-9,11H2,(H,26,28);7-8H,2-6H2,1H3;7H,2-6H2,1H3. The van der Waals surface area contributed by atoms with E-state index in [2.05, 4.69) is 25.0 Å². The maximum absolute atomic E-state index is 13.7. The zero-order valence-electron chi connectivity index (χ0n) is 77.5. The summed E-state index contributed by atoms with van der Waals surface area (Å²) in [6, 6.07) is 33.6. The van der Waals surface area contributed by atoms with E-state index in [-0.39, 0.29) is 104 Å². The molecule has 2 N–H and O–H groups in total. The molecule has 37 heteroatoms. The van der Waals surface area contributed by atoms with Gasteiger partial charge in [0.05, 0.1) is 124 Å². The number of halogens is 9. The highest BCUT2D eigenvalue weighted by Crippen LogP contribution is 2.63. The summed E-state index contributed by atoms with van der Waals surface area (Å²) < 4.78 is 113. The molecule has 8 saturated carbocycles. The lowest BCUT2D eigenvalue weighted by Gasteiger charge is -2.27. The van der Waals surface area contributed by atoms with Crippen LogP contribution in [0.15, 0.2) is 146 Å². The van der Waals surface area contributed by atoms with Gasteiger partial charge in [0.2, 0.25) is 17.7 Å². The summed E-state index contributed by atoms with van der Waals surface area (Å²) >= 11 is 38.9. The number of alkyl halides is 3. The molecule has 8 fully saturated rings. The second-order valence-electron chi connectivity index (χ2n) is 37.9. The highest BCUT2D eigenvalue weighted by atomic mass is 35.5. The van der Waals surface area contributed by atoms with Crippen LogP contribution in [0.2, 0.25) is 30.1 Å². The predicted octanol–water partition coefficient (Wildman–Crippen LogP) is 24.4. The van der Waals surface area contributed by atoms with Crippen molar-refractivity contribution in [3.8, 4) is 51.0 Å². The fourth-order valence-corrected chi connectivity index (χ4v) is 22.2. The highest BCUT2D eigenvalue weighted by molar-refractivity contribution is 7.87. The average molecular weight is 2070 g/mol. The SMILES string of the molecule is CCOC(=O)C1CC=C(N2C(=O)C3(CC3)c3cc(OCc4c(-c5c(Cl)cccc5Cl)noc4C4CC4)ccc32)CC1.CCOC(=O)C1CCC(=O)CC1.CCOC(=O)C1CCC(OS(=O)(=O)C(F)(F)F)CC1.O=C(O)C1CC=C(N2C(=O)C3(CC3)c3cc(OCc4c(-c5c(Cl)cccc5Cl)noc4C4CC4)ccc32)CC1.O=C1Nc2ccc(OCc3c(-c4c(Cl)cccc4Cl)noc3C3CC3)cc2C12CC2. The molecule has 3 amide bonds.